The molecule has 41 heavy (non-hydrogen) atoms. The molecule has 0 spiro atoms. The number of methoxy groups -OCH3 is 3. The Bertz CT molecular complexity index is 1460. The van der Waals surface area contributed by atoms with Gasteiger partial charge in [-0.25, -0.2) is 14.0 Å². The lowest BCUT2D eigenvalue weighted by Gasteiger charge is -2.37. The van der Waals surface area contributed by atoms with Gasteiger partial charge in [-0.3, -0.25) is 0 Å². The smallest absolute Gasteiger partial charge is 0.336 e. The first-order valence-electron chi connectivity index (χ1n) is 13.5. The van der Waals surface area contributed by atoms with Gasteiger partial charge in [-0.2, -0.15) is 0 Å². The molecule has 3 aromatic carbocycles. The highest BCUT2D eigenvalue weighted by atomic mass is 19.1. The van der Waals surface area contributed by atoms with Gasteiger partial charge in [0.2, 0.25) is 0 Å². The minimum atomic E-state index is -0.513. The van der Waals surface area contributed by atoms with Gasteiger partial charge >= 0.3 is 12.0 Å². The molecule has 2 amide bonds. The average Bonchev–Trinajstić information content (AvgIpc) is 3.32. The number of ether oxygens (including phenoxy) is 4. The number of nitrogens with zero attached hydrogens (tertiary/aromatic N) is 1. The molecule has 1 saturated heterocycles. The van der Waals surface area contributed by atoms with E-state index in [1.54, 1.807) is 31.3 Å². The van der Waals surface area contributed by atoms with Crippen LogP contribution < -0.4 is 19.5 Å². The van der Waals surface area contributed by atoms with Gasteiger partial charge in [0, 0.05) is 24.2 Å². The SMILES string of the molecule is COC(=O)C1=C(c2ccc(F)cc2OCc2ccccc2)C[C@@H]2CC[C@H]1N2C(=O)NCc1ccc(OC)c(OC)c1. The lowest BCUT2D eigenvalue weighted by Crippen LogP contribution is -2.50. The van der Waals surface area contributed by atoms with Crippen LogP contribution in [0.4, 0.5) is 9.18 Å². The van der Waals surface area contributed by atoms with Crippen LogP contribution in [-0.4, -0.2) is 50.3 Å². The minimum Gasteiger partial charge on any atom is -0.493 e. The van der Waals surface area contributed by atoms with Gasteiger partial charge in [-0.05, 0) is 60.2 Å². The molecule has 2 heterocycles. The summed E-state index contributed by atoms with van der Waals surface area (Å²) in [4.78, 5) is 28.4. The zero-order chi connectivity index (χ0) is 28.9. The second-order valence-corrected chi connectivity index (χ2v) is 10.0. The maximum Gasteiger partial charge on any atom is 0.336 e. The summed E-state index contributed by atoms with van der Waals surface area (Å²) in [5.41, 5.74) is 3.53. The van der Waals surface area contributed by atoms with Gasteiger partial charge in [-0.15, -0.1) is 0 Å². The van der Waals surface area contributed by atoms with E-state index < -0.39 is 17.8 Å². The van der Waals surface area contributed by atoms with E-state index >= 15 is 0 Å². The molecule has 0 unspecified atom stereocenters. The predicted octanol–water partition coefficient (Wildman–Crippen LogP) is 5.50. The van der Waals surface area contributed by atoms with E-state index in [1.165, 1.54) is 19.2 Å². The Balaban J connectivity index is 1.41. The monoisotopic (exact) mass is 560 g/mol. The fraction of sp³-hybridized carbons (Fsp3) is 0.312. The number of hydrogen-bond acceptors (Lipinski definition) is 6. The van der Waals surface area contributed by atoms with Gasteiger partial charge in [0.1, 0.15) is 18.2 Å². The molecule has 214 valence electrons. The molecule has 0 saturated carbocycles. The van der Waals surface area contributed by atoms with Crippen LogP contribution in [0.1, 0.15) is 36.0 Å². The third kappa shape index (κ3) is 5.84. The zero-order valence-corrected chi connectivity index (χ0v) is 23.3. The summed E-state index contributed by atoms with van der Waals surface area (Å²) in [5.74, 6) is 0.566. The van der Waals surface area contributed by atoms with Crippen molar-refractivity contribution >= 4 is 17.6 Å². The molecular formula is C32H33FN2O6. The lowest BCUT2D eigenvalue weighted by atomic mass is 9.88. The number of halogens is 1. The molecule has 0 aliphatic carbocycles. The highest BCUT2D eigenvalue weighted by Crippen LogP contribution is 2.45. The Kier molecular flexibility index (Phi) is 8.42. The second kappa shape index (κ2) is 12.3. The van der Waals surface area contributed by atoms with Crippen LogP contribution in [0.25, 0.3) is 5.57 Å². The van der Waals surface area contributed by atoms with Crippen molar-refractivity contribution in [2.75, 3.05) is 21.3 Å². The maximum atomic E-state index is 14.3. The second-order valence-electron chi connectivity index (χ2n) is 10.0. The Morgan fingerprint density at radius 3 is 2.41 bits per heavy atom. The highest BCUT2D eigenvalue weighted by Gasteiger charge is 2.47. The van der Waals surface area contributed by atoms with Crippen LogP contribution in [0, 0.1) is 5.82 Å². The number of carbonyl (C=O) groups is 2. The van der Waals surface area contributed by atoms with Crippen molar-refractivity contribution in [3.8, 4) is 17.2 Å². The molecule has 2 bridgehead atoms. The van der Waals surface area contributed by atoms with Gasteiger partial charge in [0.25, 0.3) is 0 Å². The van der Waals surface area contributed by atoms with Crippen LogP contribution in [-0.2, 0) is 22.7 Å². The minimum absolute atomic E-state index is 0.138. The van der Waals surface area contributed by atoms with E-state index in [9.17, 15) is 14.0 Å². The quantitative estimate of drug-likeness (QED) is 0.348. The van der Waals surface area contributed by atoms with Crippen LogP contribution in [0.2, 0.25) is 0 Å². The van der Waals surface area contributed by atoms with E-state index in [2.05, 4.69) is 5.32 Å². The van der Waals surface area contributed by atoms with Crippen molar-refractivity contribution in [3.05, 3.63) is 94.8 Å². The molecule has 3 aromatic rings. The van der Waals surface area contributed by atoms with Crippen LogP contribution in [0.5, 0.6) is 17.2 Å². The zero-order valence-electron chi connectivity index (χ0n) is 23.3. The summed E-state index contributed by atoms with van der Waals surface area (Å²) in [6.45, 7) is 0.518. The van der Waals surface area contributed by atoms with Crippen molar-refractivity contribution < 1.29 is 32.9 Å². The van der Waals surface area contributed by atoms with Crippen molar-refractivity contribution in [2.45, 2.75) is 44.5 Å². The highest BCUT2D eigenvalue weighted by molar-refractivity contribution is 6.01. The number of fused-ring (bicyclic) bond motifs is 2. The molecule has 1 fully saturated rings. The molecule has 1 N–H and O–H groups in total. The van der Waals surface area contributed by atoms with E-state index in [0.717, 1.165) is 23.1 Å². The maximum absolute atomic E-state index is 14.3. The summed E-state index contributed by atoms with van der Waals surface area (Å²) in [6.07, 6.45) is 1.75. The Morgan fingerprint density at radius 2 is 1.68 bits per heavy atom. The Morgan fingerprint density at radius 1 is 0.902 bits per heavy atom. The molecule has 9 heteroatoms. The summed E-state index contributed by atoms with van der Waals surface area (Å²) >= 11 is 0. The molecule has 0 aromatic heterocycles. The molecule has 2 aliphatic heterocycles. The van der Waals surface area contributed by atoms with E-state index in [0.29, 0.717) is 41.2 Å². The number of hydrogen-bond donors (Lipinski definition) is 1. The fourth-order valence-corrected chi connectivity index (χ4v) is 5.70. The predicted molar refractivity (Wildman–Crippen MR) is 151 cm³/mol. The number of esters is 1. The number of rotatable bonds is 9. The first kappa shape index (κ1) is 28.0. The standard InChI is InChI=1S/C32H33FN2O6/c1-38-27-14-9-21(15-29(27)39-2)18-34-32(37)35-23-11-13-26(35)30(31(36)40-3)25(17-23)24-12-10-22(33)16-28(24)41-19-20-7-5-4-6-8-20/h4-10,12,14-16,23,26H,11,13,17-19H2,1-3H3,(H,34,37)/t23-,26+/m0/s1. The number of benzene rings is 3. The number of amides is 2. The molecule has 2 atom stereocenters. The van der Waals surface area contributed by atoms with Gasteiger partial charge in [0.15, 0.2) is 11.5 Å². The Hall–Kier alpha value is -4.53. The summed E-state index contributed by atoms with van der Waals surface area (Å²) in [5, 5.41) is 2.99. The van der Waals surface area contributed by atoms with Gasteiger partial charge < -0.3 is 29.2 Å². The first-order valence-corrected chi connectivity index (χ1v) is 13.5. The van der Waals surface area contributed by atoms with E-state index in [1.807, 2.05) is 42.5 Å². The Labute approximate surface area is 238 Å². The fourth-order valence-electron chi connectivity index (χ4n) is 5.70. The van der Waals surface area contributed by atoms with Crippen molar-refractivity contribution in [2.24, 2.45) is 0 Å². The van der Waals surface area contributed by atoms with Gasteiger partial charge in [-0.1, -0.05) is 36.4 Å². The first-order chi connectivity index (χ1) is 19.9. The van der Waals surface area contributed by atoms with E-state index in [4.69, 9.17) is 18.9 Å². The molecule has 8 nitrogen and oxygen atoms in total. The number of carbonyl (C=O) groups excluding carboxylic acids is 2. The van der Waals surface area contributed by atoms with Gasteiger partial charge in [0.05, 0.1) is 32.9 Å². The average molecular weight is 561 g/mol. The summed E-state index contributed by atoms with van der Waals surface area (Å²) in [7, 11) is 4.45. The third-order valence-electron chi connectivity index (χ3n) is 7.64. The van der Waals surface area contributed by atoms with Crippen LogP contribution in [0.15, 0.2) is 72.3 Å². The molecular weight excluding hydrogens is 527 g/mol. The van der Waals surface area contributed by atoms with Crippen LogP contribution in [0.3, 0.4) is 0 Å². The summed E-state index contributed by atoms with van der Waals surface area (Å²) in [6, 6.07) is 18.5. The largest absolute Gasteiger partial charge is 0.493 e. The normalized spacial score (nSPS) is 17.7. The van der Waals surface area contributed by atoms with Crippen LogP contribution >= 0.6 is 0 Å². The molecule has 0 radical (unpaired) electrons. The van der Waals surface area contributed by atoms with Crippen molar-refractivity contribution in [3.63, 3.8) is 0 Å². The molecule has 2 aliphatic rings. The topological polar surface area (TPSA) is 86.3 Å². The number of nitrogens with one attached hydrogen (secondary N) is 1. The summed E-state index contributed by atoms with van der Waals surface area (Å²) < 4.78 is 36.3. The lowest BCUT2D eigenvalue weighted by molar-refractivity contribution is -0.136. The van der Waals surface area contributed by atoms with E-state index in [-0.39, 0.29) is 25.2 Å². The number of urea groups is 1. The third-order valence-corrected chi connectivity index (χ3v) is 7.64. The van der Waals surface area contributed by atoms with Crippen molar-refractivity contribution in [1.82, 2.24) is 10.2 Å². The van der Waals surface area contributed by atoms with Crippen molar-refractivity contribution in [1.29, 1.82) is 0 Å². The molecule has 5 rings (SSSR count).